The van der Waals surface area contributed by atoms with Gasteiger partial charge in [0.1, 0.15) is 18.2 Å². The Labute approximate surface area is 218 Å². The Balaban J connectivity index is 1.90. The summed E-state index contributed by atoms with van der Waals surface area (Å²) in [5.74, 6) is -0.707. The van der Waals surface area contributed by atoms with Crippen LogP contribution in [0.5, 0.6) is 0 Å². The van der Waals surface area contributed by atoms with Gasteiger partial charge in [-0.2, -0.15) is 4.57 Å². The van der Waals surface area contributed by atoms with E-state index in [1.54, 1.807) is 13.8 Å². The lowest BCUT2D eigenvalue weighted by atomic mass is 9.95. The van der Waals surface area contributed by atoms with E-state index >= 15 is 0 Å². The first kappa shape index (κ1) is 20.3. The minimum atomic E-state index is -1.11. The van der Waals surface area contributed by atoms with Gasteiger partial charge in [-0.3, -0.25) is 0 Å². The maximum Gasteiger partial charge on any atom is 0.216 e. The van der Waals surface area contributed by atoms with Crippen molar-refractivity contribution in [1.29, 1.82) is 0 Å². The molecule has 3 heteroatoms. The smallest absolute Gasteiger partial charge is 0.216 e. The maximum atomic E-state index is 9.18. The molecule has 3 aromatic carbocycles. The number of benzene rings is 3. The summed E-state index contributed by atoms with van der Waals surface area (Å²) in [7, 11) is 1.86. The van der Waals surface area contributed by atoms with Crippen molar-refractivity contribution in [2.75, 3.05) is 0 Å². The molecule has 0 aliphatic carbocycles. The van der Waals surface area contributed by atoms with E-state index in [-0.39, 0.29) is 12.1 Å². The van der Waals surface area contributed by atoms with Crippen molar-refractivity contribution in [2.45, 2.75) is 53.4 Å². The second-order valence-electron chi connectivity index (χ2n) is 10.1. The third-order valence-corrected chi connectivity index (χ3v) is 7.11. The van der Waals surface area contributed by atoms with Crippen LogP contribution in [0.4, 0.5) is 5.69 Å². The van der Waals surface area contributed by atoms with Gasteiger partial charge in [0.25, 0.3) is 0 Å². The summed E-state index contributed by atoms with van der Waals surface area (Å²) < 4.78 is 35.1. The first-order valence-electron chi connectivity index (χ1n) is 13.8. The highest BCUT2D eigenvalue weighted by molar-refractivity contribution is 6.15. The summed E-state index contributed by atoms with van der Waals surface area (Å²) in [4.78, 5) is 3.83. The lowest BCUT2D eigenvalue weighted by molar-refractivity contribution is -0.666. The molecule has 0 bridgehead atoms. The normalized spacial score (nSPS) is 13.1. The van der Waals surface area contributed by atoms with Crippen LogP contribution in [-0.4, -0.2) is 0 Å². The molecule has 0 saturated heterocycles. The predicted molar refractivity (Wildman–Crippen MR) is 150 cm³/mol. The van der Waals surface area contributed by atoms with E-state index in [9.17, 15) is 1.37 Å². The monoisotopic (exact) mass is 476 g/mol. The SMILES string of the molecule is [2H]c1c(C([2H])(C)C)c([2H])c(-c2c(C)ccc3c2oc2c(-c4ccc(C(C)C)cc4)c([N+]#[C-])ccc23)[n+](C)c1C. The molecule has 0 atom stereocenters. The van der Waals surface area contributed by atoms with Gasteiger partial charge in [-0.15, -0.1) is 0 Å². The summed E-state index contributed by atoms with van der Waals surface area (Å²) in [6, 6.07) is 16.6. The summed E-state index contributed by atoms with van der Waals surface area (Å²) in [5, 5.41) is 1.81. The first-order valence-corrected chi connectivity index (χ1v) is 12.3. The van der Waals surface area contributed by atoms with Crippen LogP contribution in [0, 0.1) is 20.4 Å². The molecule has 5 aromatic rings. The molecule has 0 amide bonds. The second-order valence-corrected chi connectivity index (χ2v) is 10.1. The molecule has 0 saturated carbocycles. The Hall–Kier alpha value is -3.90. The molecule has 0 radical (unpaired) electrons. The number of aryl methyl sites for hydroxylation is 1. The minimum Gasteiger partial charge on any atom is -0.456 e. The van der Waals surface area contributed by atoms with Gasteiger partial charge in [-0.05, 0) is 41.0 Å². The van der Waals surface area contributed by atoms with Crippen molar-refractivity contribution in [3.05, 3.63) is 94.4 Å². The molecule has 0 fully saturated rings. The van der Waals surface area contributed by atoms with E-state index in [4.69, 9.17) is 13.7 Å². The van der Waals surface area contributed by atoms with Gasteiger partial charge in [0.2, 0.25) is 5.69 Å². The van der Waals surface area contributed by atoms with Gasteiger partial charge in [0, 0.05) is 36.7 Å². The predicted octanol–water partition coefficient (Wildman–Crippen LogP) is 9.16. The Morgan fingerprint density at radius 2 is 1.50 bits per heavy atom. The van der Waals surface area contributed by atoms with Crippen molar-refractivity contribution in [3.63, 3.8) is 0 Å². The number of rotatable bonds is 4. The summed E-state index contributed by atoms with van der Waals surface area (Å²) >= 11 is 0. The lowest BCUT2D eigenvalue weighted by Crippen LogP contribution is -2.35. The molecule has 0 aliphatic rings. The summed E-state index contributed by atoms with van der Waals surface area (Å²) in [6.07, 6.45) is 0. The van der Waals surface area contributed by atoms with Crippen molar-refractivity contribution in [3.8, 4) is 22.4 Å². The van der Waals surface area contributed by atoms with Gasteiger partial charge < -0.3 is 4.42 Å². The fraction of sp³-hybridized carbons (Fsp3) is 0.273. The zero-order valence-electron chi connectivity index (χ0n) is 25.0. The molecule has 3 nitrogen and oxygen atoms in total. The molecule has 0 unspecified atom stereocenters. The molecule has 2 aromatic heterocycles. The standard InChI is InChI=1S/C33H33N2O/c1-19(2)23-10-12-24(13-11-23)31-28(34-7)16-15-27-26-14-9-21(5)30(32(26)36-33(27)31)29-18-25(20(3)4)17-22(6)35(29)8/h9-20H,1-6,8H3/q+1/i17D,18D,20D. The lowest BCUT2D eigenvalue weighted by Gasteiger charge is -2.11. The van der Waals surface area contributed by atoms with Crippen LogP contribution in [0.3, 0.4) is 0 Å². The number of nitrogens with zero attached hydrogens (tertiary/aromatic N) is 2. The van der Waals surface area contributed by atoms with E-state index in [0.29, 0.717) is 39.7 Å². The Bertz CT molecular complexity index is 1820. The van der Waals surface area contributed by atoms with Crippen LogP contribution in [0.15, 0.2) is 65.0 Å². The number of hydrogen-bond donors (Lipinski definition) is 0. The van der Waals surface area contributed by atoms with Crippen LogP contribution in [0.2, 0.25) is 0 Å². The minimum absolute atomic E-state index is 0.163. The van der Waals surface area contributed by atoms with Crippen LogP contribution in [0.1, 0.15) is 66.0 Å². The Morgan fingerprint density at radius 1 is 0.861 bits per heavy atom. The largest absolute Gasteiger partial charge is 0.456 e. The van der Waals surface area contributed by atoms with Crippen LogP contribution in [-0.2, 0) is 7.05 Å². The molecule has 2 heterocycles. The number of aromatic nitrogens is 1. The van der Waals surface area contributed by atoms with E-state index in [0.717, 1.165) is 33.0 Å². The highest BCUT2D eigenvalue weighted by atomic mass is 16.3. The van der Waals surface area contributed by atoms with Crippen LogP contribution < -0.4 is 4.57 Å². The second kappa shape index (κ2) is 8.95. The first-order chi connectivity index (χ1) is 18.4. The Morgan fingerprint density at radius 3 is 2.11 bits per heavy atom. The van der Waals surface area contributed by atoms with E-state index < -0.39 is 5.89 Å². The third kappa shape index (κ3) is 3.78. The van der Waals surface area contributed by atoms with E-state index in [2.05, 4.69) is 43.0 Å². The van der Waals surface area contributed by atoms with Crippen molar-refractivity contribution < 1.29 is 13.1 Å². The number of fused-ring (bicyclic) bond motifs is 3. The summed E-state index contributed by atoms with van der Waals surface area (Å²) in [5.41, 5.74) is 8.13. The van der Waals surface area contributed by atoms with Crippen molar-refractivity contribution in [1.82, 2.24) is 0 Å². The topological polar surface area (TPSA) is 21.4 Å². The van der Waals surface area contributed by atoms with E-state index in [1.165, 1.54) is 5.56 Å². The number of furan rings is 1. The van der Waals surface area contributed by atoms with Crippen molar-refractivity contribution >= 4 is 27.6 Å². The average Bonchev–Trinajstić information content (AvgIpc) is 3.26. The van der Waals surface area contributed by atoms with Gasteiger partial charge in [0.15, 0.2) is 11.4 Å². The van der Waals surface area contributed by atoms with Gasteiger partial charge in [0.05, 0.1) is 14.9 Å². The molecule has 5 rings (SSSR count). The average molecular weight is 477 g/mol. The van der Waals surface area contributed by atoms with Gasteiger partial charge in [-0.1, -0.05) is 76.2 Å². The van der Waals surface area contributed by atoms with Crippen molar-refractivity contribution in [2.24, 2.45) is 7.05 Å². The highest BCUT2D eigenvalue weighted by Gasteiger charge is 2.25. The van der Waals surface area contributed by atoms with Crippen LogP contribution in [0.25, 0.3) is 49.2 Å². The molecule has 0 aliphatic heterocycles. The van der Waals surface area contributed by atoms with Crippen LogP contribution >= 0.6 is 0 Å². The maximum absolute atomic E-state index is 9.18. The van der Waals surface area contributed by atoms with E-state index in [1.807, 2.05) is 49.7 Å². The zero-order valence-corrected chi connectivity index (χ0v) is 22.0. The molecule has 36 heavy (non-hydrogen) atoms. The number of hydrogen-bond acceptors (Lipinski definition) is 1. The molecule has 0 N–H and O–H groups in total. The quantitative estimate of drug-likeness (QED) is 0.187. The molecule has 0 spiro atoms. The fourth-order valence-corrected chi connectivity index (χ4v) is 4.84. The molecule has 180 valence electrons. The van der Waals surface area contributed by atoms with Gasteiger partial charge in [-0.25, -0.2) is 4.85 Å². The Kier molecular flexibility index (Phi) is 5.05. The fourth-order valence-electron chi connectivity index (χ4n) is 4.84. The highest BCUT2D eigenvalue weighted by Crippen LogP contribution is 2.44. The molecular formula is C33H33N2O+. The third-order valence-electron chi connectivity index (χ3n) is 7.11. The summed E-state index contributed by atoms with van der Waals surface area (Å²) in [6.45, 7) is 19.5. The molecular weight excluding hydrogens is 440 g/mol. The number of pyridine rings is 1. The zero-order chi connectivity index (χ0) is 28.4. The van der Waals surface area contributed by atoms with Gasteiger partial charge >= 0.3 is 0 Å².